The second kappa shape index (κ2) is 9.63. The Balaban J connectivity index is 1.45. The molecule has 1 aromatic carbocycles. The summed E-state index contributed by atoms with van der Waals surface area (Å²) in [6.45, 7) is 6.32. The molecule has 34 heavy (non-hydrogen) atoms. The molecule has 1 aliphatic carbocycles. The van der Waals surface area contributed by atoms with Gasteiger partial charge < -0.3 is 16.0 Å². The largest absolute Gasteiger partial charge is 0.355 e. The summed E-state index contributed by atoms with van der Waals surface area (Å²) >= 11 is 0. The van der Waals surface area contributed by atoms with Crippen molar-refractivity contribution in [3.63, 3.8) is 0 Å². The lowest BCUT2D eigenvalue weighted by atomic mass is 9.97. The Kier molecular flexibility index (Phi) is 6.25. The average Bonchev–Trinajstić information content (AvgIpc) is 3.55. The Hall–Kier alpha value is -3.74. The molecule has 1 unspecified atom stereocenters. The van der Waals surface area contributed by atoms with Gasteiger partial charge in [0, 0.05) is 42.8 Å². The number of aromatic nitrogens is 2. The molecule has 1 aliphatic heterocycles. The third-order valence-corrected chi connectivity index (χ3v) is 6.37. The predicted molar refractivity (Wildman–Crippen MR) is 133 cm³/mol. The number of benzene rings is 1. The Labute approximate surface area is 200 Å². The molecule has 3 aromatic rings. The number of pyridine rings is 2. The van der Waals surface area contributed by atoms with Crippen LogP contribution in [0.25, 0.3) is 11.1 Å². The van der Waals surface area contributed by atoms with Crippen LogP contribution >= 0.6 is 0 Å². The van der Waals surface area contributed by atoms with Crippen molar-refractivity contribution in [2.45, 2.75) is 39.3 Å². The first-order valence-corrected chi connectivity index (χ1v) is 11.9. The van der Waals surface area contributed by atoms with Crippen LogP contribution in [0.1, 0.15) is 51.6 Å². The van der Waals surface area contributed by atoms with E-state index in [9.17, 15) is 4.79 Å². The van der Waals surface area contributed by atoms with E-state index in [1.165, 1.54) is 0 Å². The number of carbonyl (C=O) groups is 1. The highest BCUT2D eigenvalue weighted by molar-refractivity contribution is 5.96. The number of aliphatic imine (C=N–C) groups is 1. The first-order valence-electron chi connectivity index (χ1n) is 11.9. The molecule has 0 saturated heterocycles. The van der Waals surface area contributed by atoms with E-state index in [0.29, 0.717) is 18.0 Å². The molecule has 7 heteroatoms. The van der Waals surface area contributed by atoms with E-state index < -0.39 is 0 Å². The van der Waals surface area contributed by atoms with Gasteiger partial charge >= 0.3 is 0 Å². The molecule has 3 N–H and O–H groups in total. The van der Waals surface area contributed by atoms with E-state index in [1.54, 1.807) is 6.20 Å². The number of rotatable bonds is 7. The van der Waals surface area contributed by atoms with Gasteiger partial charge in [0.25, 0.3) is 5.91 Å². The van der Waals surface area contributed by atoms with Crippen molar-refractivity contribution >= 4 is 11.9 Å². The Bertz CT molecular complexity index is 1230. The average molecular weight is 455 g/mol. The molecular formula is C27H30N6O. The number of amides is 1. The number of nitrogens with zero attached hydrogens (tertiary/aromatic N) is 3. The van der Waals surface area contributed by atoms with Gasteiger partial charge in [-0.3, -0.25) is 19.8 Å². The Morgan fingerprint density at radius 1 is 1.15 bits per heavy atom. The minimum Gasteiger partial charge on any atom is -0.355 e. The quantitative estimate of drug-likeness (QED) is 0.507. The van der Waals surface area contributed by atoms with Crippen LogP contribution in [-0.2, 0) is 6.54 Å². The summed E-state index contributed by atoms with van der Waals surface area (Å²) in [7, 11) is 0. The minimum absolute atomic E-state index is 0.0743. The van der Waals surface area contributed by atoms with Crippen LogP contribution in [0.3, 0.4) is 0 Å². The molecule has 174 valence electrons. The Morgan fingerprint density at radius 3 is 2.76 bits per heavy atom. The number of carbonyl (C=O) groups excluding carboxylic acids is 1. The van der Waals surface area contributed by atoms with Gasteiger partial charge in [-0.05, 0) is 91.3 Å². The van der Waals surface area contributed by atoms with Crippen LogP contribution in [0.4, 0.5) is 0 Å². The van der Waals surface area contributed by atoms with E-state index in [-0.39, 0.29) is 11.9 Å². The van der Waals surface area contributed by atoms with Gasteiger partial charge in [-0.1, -0.05) is 0 Å². The topological polar surface area (TPSA) is 91.3 Å². The molecule has 5 rings (SSSR count). The van der Waals surface area contributed by atoms with Crippen LogP contribution in [0, 0.1) is 19.8 Å². The van der Waals surface area contributed by atoms with Gasteiger partial charge in [0.15, 0.2) is 5.96 Å². The fourth-order valence-electron chi connectivity index (χ4n) is 4.37. The summed E-state index contributed by atoms with van der Waals surface area (Å²) in [5.74, 6) is 1.16. The second-order valence-corrected chi connectivity index (χ2v) is 9.17. The van der Waals surface area contributed by atoms with Crippen LogP contribution in [0.2, 0.25) is 0 Å². The number of guanidine groups is 1. The molecule has 0 radical (unpaired) electrons. The van der Waals surface area contributed by atoms with Crippen LogP contribution < -0.4 is 16.0 Å². The van der Waals surface area contributed by atoms with Gasteiger partial charge in [-0.2, -0.15) is 0 Å². The summed E-state index contributed by atoms with van der Waals surface area (Å²) < 4.78 is 0. The molecule has 7 nitrogen and oxygen atoms in total. The van der Waals surface area contributed by atoms with Crippen LogP contribution in [0.5, 0.6) is 0 Å². The van der Waals surface area contributed by atoms with E-state index in [1.807, 2.05) is 36.7 Å². The van der Waals surface area contributed by atoms with Crippen molar-refractivity contribution in [1.29, 1.82) is 0 Å². The zero-order valence-corrected chi connectivity index (χ0v) is 19.6. The third kappa shape index (κ3) is 5.09. The van der Waals surface area contributed by atoms with Crippen molar-refractivity contribution in [1.82, 2.24) is 25.9 Å². The molecule has 2 aliphatic rings. The van der Waals surface area contributed by atoms with Crippen LogP contribution in [-0.4, -0.2) is 34.9 Å². The van der Waals surface area contributed by atoms with Crippen molar-refractivity contribution in [3.8, 4) is 11.1 Å². The minimum atomic E-state index is -0.0822. The molecule has 1 saturated carbocycles. The van der Waals surface area contributed by atoms with Gasteiger partial charge in [-0.25, -0.2) is 0 Å². The highest BCUT2D eigenvalue weighted by Gasteiger charge is 2.34. The highest BCUT2D eigenvalue weighted by Crippen LogP contribution is 2.40. The maximum Gasteiger partial charge on any atom is 0.251 e. The zero-order valence-electron chi connectivity index (χ0n) is 19.6. The SMILES string of the molecule is Cc1ccnc(C(NC(=O)c2cc(CNC3=NCCN3)cc(-c3cnccc3C)c2)C2CC2)c1. The summed E-state index contributed by atoms with van der Waals surface area (Å²) in [4.78, 5) is 26.8. The lowest BCUT2D eigenvalue weighted by molar-refractivity contribution is 0.0930. The summed E-state index contributed by atoms with van der Waals surface area (Å²) in [5.41, 5.74) is 6.85. The molecule has 1 amide bonds. The van der Waals surface area contributed by atoms with Gasteiger partial charge in [0.2, 0.25) is 0 Å². The highest BCUT2D eigenvalue weighted by atomic mass is 16.1. The van der Waals surface area contributed by atoms with E-state index in [0.717, 1.165) is 65.4 Å². The monoisotopic (exact) mass is 454 g/mol. The van der Waals surface area contributed by atoms with Gasteiger partial charge in [0.1, 0.15) is 0 Å². The first kappa shape index (κ1) is 22.1. The fraction of sp³-hybridized carbons (Fsp3) is 0.333. The third-order valence-electron chi connectivity index (χ3n) is 6.37. The van der Waals surface area contributed by atoms with Crippen LogP contribution in [0.15, 0.2) is 60.0 Å². The summed E-state index contributed by atoms with van der Waals surface area (Å²) in [6, 6.07) is 12.0. The summed E-state index contributed by atoms with van der Waals surface area (Å²) in [5, 5.41) is 9.85. The van der Waals surface area contributed by atoms with Gasteiger partial charge in [0.05, 0.1) is 18.3 Å². The predicted octanol–water partition coefficient (Wildman–Crippen LogP) is 3.69. The standard InChI is InChI=1S/C27H30N6O/c1-17-5-8-29-24(11-17)25(20-3-4-20)33-26(34)22-13-19(15-32-27-30-9-10-31-27)12-21(14-22)23-16-28-7-6-18(23)2/h5-8,11-14,16,20,25H,3-4,9-10,15H2,1-2H3,(H,33,34)(H2,30,31,32). The number of nitrogens with one attached hydrogen (secondary N) is 3. The number of hydrogen-bond donors (Lipinski definition) is 3. The van der Waals surface area contributed by atoms with Crippen molar-refractivity contribution in [2.24, 2.45) is 10.9 Å². The van der Waals surface area contributed by atoms with Gasteiger partial charge in [-0.15, -0.1) is 0 Å². The van der Waals surface area contributed by atoms with Crippen molar-refractivity contribution < 1.29 is 4.79 Å². The molecule has 1 atom stereocenters. The smallest absolute Gasteiger partial charge is 0.251 e. The molecular weight excluding hydrogens is 424 g/mol. The lowest BCUT2D eigenvalue weighted by Crippen LogP contribution is -2.33. The van der Waals surface area contributed by atoms with E-state index in [4.69, 9.17) is 0 Å². The zero-order chi connectivity index (χ0) is 23.5. The maximum atomic E-state index is 13.5. The van der Waals surface area contributed by atoms with E-state index >= 15 is 0 Å². The second-order valence-electron chi connectivity index (χ2n) is 9.17. The number of aryl methyl sites for hydroxylation is 2. The maximum absolute atomic E-state index is 13.5. The Morgan fingerprint density at radius 2 is 2.03 bits per heavy atom. The fourth-order valence-corrected chi connectivity index (χ4v) is 4.37. The van der Waals surface area contributed by atoms with Crippen molar-refractivity contribution in [2.75, 3.05) is 13.1 Å². The molecule has 0 bridgehead atoms. The molecule has 2 aromatic heterocycles. The molecule has 1 fully saturated rings. The normalized spacial score (nSPS) is 15.9. The van der Waals surface area contributed by atoms with E-state index in [2.05, 4.69) is 56.9 Å². The van der Waals surface area contributed by atoms with Crippen molar-refractivity contribution in [3.05, 3.63) is 82.9 Å². The molecule has 0 spiro atoms. The molecule has 3 heterocycles. The number of hydrogen-bond acceptors (Lipinski definition) is 6. The lowest BCUT2D eigenvalue weighted by Gasteiger charge is -2.19. The first-order chi connectivity index (χ1) is 16.6. The summed E-state index contributed by atoms with van der Waals surface area (Å²) in [6.07, 6.45) is 7.69.